The van der Waals surface area contributed by atoms with Crippen molar-refractivity contribution in [3.05, 3.63) is 0 Å². The molecule has 8 nitrogen and oxygen atoms in total. The standard InChI is InChI=1S/C15H25N3O5/c1-15(2,3)23-14(22)18-10(12(19)20)7-9-5-6-17(8-11(9)18)13(21)16-4/h9-11H,5-8H2,1-4H3,(H,16,21)(H,19,20)/t9-,10+,11-/m0/s1. The van der Waals surface area contributed by atoms with Crippen molar-refractivity contribution in [2.24, 2.45) is 5.92 Å². The summed E-state index contributed by atoms with van der Waals surface area (Å²) >= 11 is 0. The lowest BCUT2D eigenvalue weighted by Crippen LogP contribution is -2.55. The van der Waals surface area contributed by atoms with Crippen LogP contribution in [0.15, 0.2) is 0 Å². The largest absolute Gasteiger partial charge is 0.480 e. The van der Waals surface area contributed by atoms with Crippen LogP contribution < -0.4 is 5.32 Å². The molecule has 0 aromatic heterocycles. The average Bonchev–Trinajstić information content (AvgIpc) is 2.83. The predicted octanol–water partition coefficient (Wildman–Crippen LogP) is 1.11. The molecular weight excluding hydrogens is 302 g/mol. The molecule has 0 aromatic carbocycles. The number of nitrogens with zero attached hydrogens (tertiary/aromatic N) is 2. The summed E-state index contributed by atoms with van der Waals surface area (Å²) in [6, 6.07) is -1.44. The normalized spacial score (nSPS) is 27.4. The number of piperidine rings is 1. The highest BCUT2D eigenvalue weighted by Gasteiger charge is 2.50. The van der Waals surface area contributed by atoms with E-state index in [1.807, 2.05) is 0 Å². The van der Waals surface area contributed by atoms with Crippen molar-refractivity contribution in [3.63, 3.8) is 0 Å². The van der Waals surface area contributed by atoms with Crippen LogP contribution in [0.1, 0.15) is 33.6 Å². The molecule has 2 heterocycles. The lowest BCUT2D eigenvalue weighted by Gasteiger charge is -2.38. The molecule has 8 heteroatoms. The Kier molecular flexibility index (Phi) is 4.72. The van der Waals surface area contributed by atoms with Gasteiger partial charge in [0.15, 0.2) is 0 Å². The number of aliphatic carboxylic acids is 1. The molecule has 0 bridgehead atoms. The van der Waals surface area contributed by atoms with Gasteiger partial charge in [-0.3, -0.25) is 4.90 Å². The van der Waals surface area contributed by atoms with Gasteiger partial charge in [0.1, 0.15) is 11.6 Å². The number of urea groups is 1. The molecule has 2 saturated heterocycles. The molecule has 23 heavy (non-hydrogen) atoms. The smallest absolute Gasteiger partial charge is 0.411 e. The maximum atomic E-state index is 12.5. The minimum atomic E-state index is -1.03. The molecule has 0 aliphatic carbocycles. The number of hydrogen-bond donors (Lipinski definition) is 2. The Labute approximate surface area is 135 Å². The fourth-order valence-electron chi connectivity index (χ4n) is 3.34. The first-order valence-corrected chi connectivity index (χ1v) is 7.85. The number of fused-ring (bicyclic) bond motifs is 1. The summed E-state index contributed by atoms with van der Waals surface area (Å²) in [5.74, 6) is -0.957. The van der Waals surface area contributed by atoms with Crippen LogP contribution in [0.3, 0.4) is 0 Å². The van der Waals surface area contributed by atoms with E-state index < -0.39 is 23.7 Å². The Hall–Kier alpha value is -1.99. The van der Waals surface area contributed by atoms with E-state index in [1.54, 1.807) is 32.7 Å². The van der Waals surface area contributed by atoms with E-state index in [4.69, 9.17) is 4.74 Å². The van der Waals surface area contributed by atoms with Gasteiger partial charge in [-0.25, -0.2) is 14.4 Å². The highest BCUT2D eigenvalue weighted by atomic mass is 16.6. The highest BCUT2D eigenvalue weighted by Crippen LogP contribution is 2.37. The van der Waals surface area contributed by atoms with E-state index in [2.05, 4.69) is 5.32 Å². The number of nitrogens with one attached hydrogen (secondary N) is 1. The topological polar surface area (TPSA) is 99.2 Å². The van der Waals surface area contributed by atoms with Crippen molar-refractivity contribution in [3.8, 4) is 0 Å². The molecule has 2 N–H and O–H groups in total. The van der Waals surface area contributed by atoms with Crippen molar-refractivity contribution in [1.82, 2.24) is 15.1 Å². The first-order chi connectivity index (χ1) is 10.6. The number of hydrogen-bond acceptors (Lipinski definition) is 4. The van der Waals surface area contributed by atoms with Gasteiger partial charge in [0.25, 0.3) is 0 Å². The van der Waals surface area contributed by atoms with Gasteiger partial charge in [0.05, 0.1) is 6.04 Å². The zero-order valence-electron chi connectivity index (χ0n) is 14.0. The van der Waals surface area contributed by atoms with E-state index in [1.165, 1.54) is 4.90 Å². The number of amides is 3. The van der Waals surface area contributed by atoms with Gasteiger partial charge in [0.2, 0.25) is 0 Å². The summed E-state index contributed by atoms with van der Waals surface area (Å²) in [7, 11) is 1.55. The van der Waals surface area contributed by atoms with Gasteiger partial charge in [-0.2, -0.15) is 0 Å². The maximum absolute atomic E-state index is 12.5. The van der Waals surface area contributed by atoms with E-state index >= 15 is 0 Å². The van der Waals surface area contributed by atoms with E-state index in [0.29, 0.717) is 25.9 Å². The van der Waals surface area contributed by atoms with Crippen LogP contribution in [-0.2, 0) is 9.53 Å². The fraction of sp³-hybridized carbons (Fsp3) is 0.800. The first kappa shape index (κ1) is 17.4. The van der Waals surface area contributed by atoms with Crippen LogP contribution in [0.2, 0.25) is 0 Å². The van der Waals surface area contributed by atoms with Gasteiger partial charge in [-0.05, 0) is 39.5 Å². The molecule has 3 atom stereocenters. The third-order valence-electron chi connectivity index (χ3n) is 4.33. The van der Waals surface area contributed by atoms with Crippen LogP contribution >= 0.6 is 0 Å². The van der Waals surface area contributed by atoms with Crippen LogP contribution in [0.5, 0.6) is 0 Å². The summed E-state index contributed by atoms with van der Waals surface area (Å²) in [6.45, 7) is 6.12. The van der Waals surface area contributed by atoms with Gasteiger partial charge in [-0.15, -0.1) is 0 Å². The first-order valence-electron chi connectivity index (χ1n) is 7.85. The van der Waals surface area contributed by atoms with Crippen molar-refractivity contribution in [1.29, 1.82) is 0 Å². The molecule has 0 radical (unpaired) electrons. The van der Waals surface area contributed by atoms with Gasteiger partial charge in [0, 0.05) is 20.1 Å². The van der Waals surface area contributed by atoms with Crippen molar-refractivity contribution < 1.29 is 24.2 Å². The third kappa shape index (κ3) is 3.68. The summed E-state index contributed by atoms with van der Waals surface area (Å²) in [5.41, 5.74) is -0.701. The number of carbonyl (C=O) groups is 3. The van der Waals surface area contributed by atoms with Crippen molar-refractivity contribution in [2.45, 2.75) is 51.3 Å². The van der Waals surface area contributed by atoms with Gasteiger partial charge in [-0.1, -0.05) is 0 Å². The quantitative estimate of drug-likeness (QED) is 0.751. The Bertz CT molecular complexity index is 502. The Balaban J connectivity index is 2.22. The number of carboxylic acids is 1. The molecule has 2 aliphatic heterocycles. The Morgan fingerprint density at radius 1 is 1.26 bits per heavy atom. The molecule has 0 aromatic rings. The molecule has 0 saturated carbocycles. The number of carboxylic acid groups (broad SMARTS) is 1. The second-order valence-corrected chi connectivity index (χ2v) is 7.09. The minimum Gasteiger partial charge on any atom is -0.480 e. The second-order valence-electron chi connectivity index (χ2n) is 7.09. The molecule has 3 amide bonds. The highest BCUT2D eigenvalue weighted by molar-refractivity contribution is 5.81. The number of ether oxygens (including phenoxy) is 1. The van der Waals surface area contributed by atoms with Gasteiger partial charge < -0.3 is 20.1 Å². The van der Waals surface area contributed by atoms with E-state index in [0.717, 1.165) is 0 Å². The van der Waals surface area contributed by atoms with Crippen LogP contribution in [0.4, 0.5) is 9.59 Å². The van der Waals surface area contributed by atoms with Crippen molar-refractivity contribution in [2.75, 3.05) is 20.1 Å². The molecule has 0 unspecified atom stereocenters. The maximum Gasteiger partial charge on any atom is 0.411 e. The summed E-state index contributed by atoms with van der Waals surface area (Å²) in [5, 5.41) is 12.0. The summed E-state index contributed by atoms with van der Waals surface area (Å²) in [4.78, 5) is 38.8. The van der Waals surface area contributed by atoms with Gasteiger partial charge >= 0.3 is 18.1 Å². The summed E-state index contributed by atoms with van der Waals surface area (Å²) in [6.07, 6.45) is 0.457. The molecule has 2 aliphatic rings. The SMILES string of the molecule is CNC(=O)N1CC[C@H]2C[C@H](C(=O)O)N(C(=O)OC(C)(C)C)[C@H]2C1. The third-order valence-corrected chi connectivity index (χ3v) is 4.33. The molecule has 2 fully saturated rings. The number of likely N-dealkylation sites (tertiary alicyclic amines) is 2. The zero-order chi connectivity index (χ0) is 17.4. The minimum absolute atomic E-state index is 0.0736. The Morgan fingerprint density at radius 3 is 2.43 bits per heavy atom. The lowest BCUT2D eigenvalue weighted by atomic mass is 9.91. The number of carbonyl (C=O) groups excluding carboxylic acids is 2. The van der Waals surface area contributed by atoms with E-state index in [-0.39, 0.29) is 18.0 Å². The zero-order valence-corrected chi connectivity index (χ0v) is 14.0. The molecule has 130 valence electrons. The predicted molar refractivity (Wildman–Crippen MR) is 82.0 cm³/mol. The lowest BCUT2D eigenvalue weighted by molar-refractivity contribution is -0.142. The Morgan fingerprint density at radius 2 is 1.91 bits per heavy atom. The summed E-state index contributed by atoms with van der Waals surface area (Å²) < 4.78 is 5.38. The molecular formula is C15H25N3O5. The fourth-order valence-corrected chi connectivity index (χ4v) is 3.34. The average molecular weight is 327 g/mol. The van der Waals surface area contributed by atoms with E-state index in [9.17, 15) is 19.5 Å². The molecule has 2 rings (SSSR count). The second kappa shape index (κ2) is 6.25. The van der Waals surface area contributed by atoms with Crippen LogP contribution in [-0.4, -0.2) is 70.8 Å². The molecule has 0 spiro atoms. The van der Waals surface area contributed by atoms with Crippen LogP contribution in [0.25, 0.3) is 0 Å². The van der Waals surface area contributed by atoms with Crippen molar-refractivity contribution >= 4 is 18.1 Å². The van der Waals surface area contributed by atoms with Crippen LogP contribution in [0, 0.1) is 5.92 Å². The number of rotatable bonds is 1. The monoisotopic (exact) mass is 327 g/mol.